The highest BCUT2D eigenvalue weighted by Gasteiger charge is 2.31. The Morgan fingerprint density at radius 3 is 2.70 bits per heavy atom. The average molecular weight is 280 g/mol. The second kappa shape index (κ2) is 6.00. The summed E-state index contributed by atoms with van der Waals surface area (Å²) >= 11 is 0. The maximum atomic E-state index is 13.1. The molecule has 0 bridgehead atoms. The number of hydrogen-bond donors (Lipinski definition) is 2. The Bertz CT molecular complexity index is 529. The number of anilines is 1. The lowest BCUT2D eigenvalue weighted by Gasteiger charge is -2.19. The normalized spacial score (nSPS) is 14.3. The monoisotopic (exact) mass is 280 g/mol. The Balaban J connectivity index is 1.96. The van der Waals surface area contributed by atoms with Crippen molar-refractivity contribution in [3.8, 4) is 0 Å². The van der Waals surface area contributed by atoms with Crippen LogP contribution in [0.5, 0.6) is 0 Å². The Morgan fingerprint density at radius 2 is 2.10 bits per heavy atom. The van der Waals surface area contributed by atoms with Crippen LogP contribution in [0.2, 0.25) is 0 Å². The lowest BCUT2D eigenvalue weighted by Crippen LogP contribution is -2.38. The zero-order valence-electron chi connectivity index (χ0n) is 11.2. The first-order valence-electron chi connectivity index (χ1n) is 6.47. The smallest absolute Gasteiger partial charge is 0.317 e. The molecule has 0 aromatic heterocycles. The second-order valence-corrected chi connectivity index (χ2v) is 5.04. The zero-order chi connectivity index (χ0) is 14.7. The van der Waals surface area contributed by atoms with Crippen LogP contribution in [0.25, 0.3) is 0 Å². The van der Waals surface area contributed by atoms with Crippen LogP contribution in [-0.2, 0) is 9.59 Å². The number of aryl methyl sites for hydroxylation is 1. The number of nitrogens with one attached hydrogen (secondary N) is 1. The number of carboxylic acids is 1. The molecule has 1 aromatic rings. The van der Waals surface area contributed by atoms with Crippen molar-refractivity contribution in [3.63, 3.8) is 0 Å². The molecular weight excluding hydrogens is 263 g/mol. The molecule has 6 heteroatoms. The van der Waals surface area contributed by atoms with Crippen molar-refractivity contribution in [1.29, 1.82) is 0 Å². The molecule has 108 valence electrons. The standard InChI is InChI=1S/C14H17FN2O3/c1-9-2-3-10(15)6-12(9)16-13(18)7-17(8-14(19)20)11-4-5-11/h2-3,6,11H,4-5,7-8H2,1H3,(H,16,18)(H,19,20). The summed E-state index contributed by atoms with van der Waals surface area (Å²) in [5.74, 6) is -1.70. The first kappa shape index (κ1) is 14.5. The number of carbonyl (C=O) groups is 2. The molecule has 2 rings (SSSR count). The summed E-state index contributed by atoms with van der Waals surface area (Å²) in [6.45, 7) is 1.62. The van der Waals surface area contributed by atoms with Gasteiger partial charge in [-0.05, 0) is 37.5 Å². The van der Waals surface area contributed by atoms with Gasteiger partial charge in [0.2, 0.25) is 5.91 Å². The van der Waals surface area contributed by atoms with E-state index in [1.807, 2.05) is 0 Å². The fourth-order valence-electron chi connectivity index (χ4n) is 2.03. The third-order valence-electron chi connectivity index (χ3n) is 3.22. The van der Waals surface area contributed by atoms with Crippen molar-refractivity contribution in [1.82, 2.24) is 4.90 Å². The molecule has 1 amide bonds. The number of hydrogen-bond acceptors (Lipinski definition) is 3. The summed E-state index contributed by atoms with van der Waals surface area (Å²) in [4.78, 5) is 24.3. The summed E-state index contributed by atoms with van der Waals surface area (Å²) in [6.07, 6.45) is 1.83. The first-order chi connectivity index (χ1) is 9.45. The minimum absolute atomic E-state index is 0.00687. The molecule has 0 saturated heterocycles. The molecule has 1 aliphatic rings. The number of carboxylic acid groups (broad SMARTS) is 1. The van der Waals surface area contributed by atoms with Crippen molar-refractivity contribution in [2.75, 3.05) is 18.4 Å². The van der Waals surface area contributed by atoms with E-state index in [9.17, 15) is 14.0 Å². The molecule has 0 radical (unpaired) electrons. The molecule has 0 heterocycles. The van der Waals surface area contributed by atoms with Gasteiger partial charge in [0, 0.05) is 11.7 Å². The van der Waals surface area contributed by atoms with Gasteiger partial charge in [0.05, 0.1) is 13.1 Å². The van der Waals surface area contributed by atoms with E-state index in [0.29, 0.717) is 5.69 Å². The summed E-state index contributed by atoms with van der Waals surface area (Å²) in [5.41, 5.74) is 1.18. The van der Waals surface area contributed by atoms with E-state index >= 15 is 0 Å². The molecule has 2 N–H and O–H groups in total. The van der Waals surface area contributed by atoms with E-state index in [-0.39, 0.29) is 25.0 Å². The van der Waals surface area contributed by atoms with E-state index < -0.39 is 11.8 Å². The minimum Gasteiger partial charge on any atom is -0.480 e. The average Bonchev–Trinajstić information content (AvgIpc) is 3.16. The number of benzene rings is 1. The van der Waals surface area contributed by atoms with Crippen LogP contribution < -0.4 is 5.32 Å². The van der Waals surface area contributed by atoms with Gasteiger partial charge in [-0.1, -0.05) is 6.07 Å². The zero-order valence-corrected chi connectivity index (χ0v) is 11.2. The largest absolute Gasteiger partial charge is 0.480 e. The molecule has 1 aromatic carbocycles. The van der Waals surface area contributed by atoms with Gasteiger partial charge < -0.3 is 10.4 Å². The van der Waals surface area contributed by atoms with Crippen LogP contribution in [0.1, 0.15) is 18.4 Å². The second-order valence-electron chi connectivity index (χ2n) is 5.04. The van der Waals surface area contributed by atoms with Crippen molar-refractivity contribution in [3.05, 3.63) is 29.6 Å². The van der Waals surface area contributed by atoms with Crippen LogP contribution in [0, 0.1) is 12.7 Å². The lowest BCUT2D eigenvalue weighted by atomic mass is 10.2. The molecular formula is C14H17FN2O3. The molecule has 5 nitrogen and oxygen atoms in total. The van der Waals surface area contributed by atoms with Crippen LogP contribution in [0.4, 0.5) is 10.1 Å². The van der Waals surface area contributed by atoms with Crippen LogP contribution in [-0.4, -0.2) is 41.0 Å². The first-order valence-corrected chi connectivity index (χ1v) is 6.47. The highest BCUT2D eigenvalue weighted by atomic mass is 19.1. The van der Waals surface area contributed by atoms with Gasteiger partial charge in [0.1, 0.15) is 5.82 Å². The maximum absolute atomic E-state index is 13.1. The van der Waals surface area contributed by atoms with E-state index in [0.717, 1.165) is 18.4 Å². The van der Waals surface area contributed by atoms with Gasteiger partial charge >= 0.3 is 5.97 Å². The third kappa shape index (κ3) is 4.03. The van der Waals surface area contributed by atoms with Gasteiger partial charge in [-0.15, -0.1) is 0 Å². The molecule has 0 aliphatic heterocycles. The van der Waals surface area contributed by atoms with Gasteiger partial charge in [-0.3, -0.25) is 14.5 Å². The summed E-state index contributed by atoms with van der Waals surface area (Å²) < 4.78 is 13.1. The predicted octanol–water partition coefficient (Wildman–Crippen LogP) is 1.62. The van der Waals surface area contributed by atoms with Crippen molar-refractivity contribution in [2.45, 2.75) is 25.8 Å². The topological polar surface area (TPSA) is 69.6 Å². The van der Waals surface area contributed by atoms with Gasteiger partial charge in [0.25, 0.3) is 0 Å². The van der Waals surface area contributed by atoms with Crippen molar-refractivity contribution < 1.29 is 19.1 Å². The Labute approximate surface area is 116 Å². The van der Waals surface area contributed by atoms with Crippen LogP contribution in [0.15, 0.2) is 18.2 Å². The van der Waals surface area contributed by atoms with E-state index in [2.05, 4.69) is 5.32 Å². The predicted molar refractivity (Wildman–Crippen MR) is 72.0 cm³/mol. The van der Waals surface area contributed by atoms with Crippen LogP contribution in [0.3, 0.4) is 0 Å². The molecule has 1 aliphatic carbocycles. The highest BCUT2D eigenvalue weighted by Crippen LogP contribution is 2.26. The highest BCUT2D eigenvalue weighted by molar-refractivity contribution is 5.93. The Kier molecular flexibility index (Phi) is 4.34. The van der Waals surface area contributed by atoms with Crippen molar-refractivity contribution in [2.24, 2.45) is 0 Å². The fourth-order valence-corrected chi connectivity index (χ4v) is 2.03. The van der Waals surface area contributed by atoms with Gasteiger partial charge in [-0.25, -0.2) is 4.39 Å². The molecule has 1 fully saturated rings. The quantitative estimate of drug-likeness (QED) is 0.831. The summed E-state index contributed by atoms with van der Waals surface area (Å²) in [5, 5.41) is 11.4. The van der Waals surface area contributed by atoms with Crippen molar-refractivity contribution >= 4 is 17.6 Å². The summed E-state index contributed by atoms with van der Waals surface area (Å²) in [7, 11) is 0. The minimum atomic E-state index is -0.952. The summed E-state index contributed by atoms with van der Waals surface area (Å²) in [6, 6.07) is 4.34. The number of rotatable bonds is 6. The number of halogens is 1. The van der Waals surface area contributed by atoms with E-state index in [4.69, 9.17) is 5.11 Å². The Morgan fingerprint density at radius 1 is 1.40 bits per heavy atom. The maximum Gasteiger partial charge on any atom is 0.317 e. The van der Waals surface area contributed by atoms with Crippen LogP contribution >= 0.6 is 0 Å². The number of nitrogens with zero attached hydrogens (tertiary/aromatic N) is 1. The number of aliphatic carboxylic acids is 1. The molecule has 20 heavy (non-hydrogen) atoms. The Hall–Kier alpha value is -1.95. The number of amides is 1. The molecule has 0 unspecified atom stereocenters. The third-order valence-corrected chi connectivity index (χ3v) is 3.22. The number of carbonyl (C=O) groups excluding carboxylic acids is 1. The molecule has 0 atom stereocenters. The van der Waals surface area contributed by atoms with E-state index in [1.54, 1.807) is 17.9 Å². The van der Waals surface area contributed by atoms with Gasteiger partial charge in [-0.2, -0.15) is 0 Å². The molecule has 1 saturated carbocycles. The molecule has 0 spiro atoms. The SMILES string of the molecule is Cc1ccc(F)cc1NC(=O)CN(CC(=O)O)C1CC1. The fraction of sp³-hybridized carbons (Fsp3) is 0.429. The lowest BCUT2D eigenvalue weighted by molar-refractivity contribution is -0.138. The van der Waals surface area contributed by atoms with E-state index in [1.165, 1.54) is 12.1 Å². The van der Waals surface area contributed by atoms with Gasteiger partial charge in [0.15, 0.2) is 0 Å².